The first-order valence-electron chi connectivity index (χ1n) is 12.0. The lowest BCUT2D eigenvalue weighted by atomic mass is 9.87. The number of aromatic nitrogens is 4. The summed E-state index contributed by atoms with van der Waals surface area (Å²) in [6, 6.07) is 5.29. The highest BCUT2D eigenvalue weighted by Gasteiger charge is 2.43. The third-order valence-electron chi connectivity index (χ3n) is 7.63. The molecule has 1 saturated heterocycles. The van der Waals surface area contributed by atoms with Crippen LogP contribution in [0.2, 0.25) is 0 Å². The zero-order chi connectivity index (χ0) is 24.3. The SMILES string of the molecule is Cc1cc(N2C[C@H]3CC[C@@H](C2)[C@@H]3Nc2nc3n(n2)CCCC3c2ccc(F)cc2C(F)(F)F)sn1. The molecule has 2 aliphatic heterocycles. The number of piperidine rings is 1. The van der Waals surface area contributed by atoms with E-state index in [1.54, 1.807) is 4.68 Å². The molecule has 2 aromatic heterocycles. The maximum Gasteiger partial charge on any atom is 0.416 e. The van der Waals surface area contributed by atoms with Gasteiger partial charge >= 0.3 is 6.18 Å². The molecule has 186 valence electrons. The van der Waals surface area contributed by atoms with E-state index >= 15 is 0 Å². The molecular weight excluding hydrogens is 480 g/mol. The Hall–Kier alpha value is -2.69. The molecule has 6 nitrogen and oxygen atoms in total. The Morgan fingerprint density at radius 1 is 1.09 bits per heavy atom. The first-order valence-corrected chi connectivity index (χ1v) is 12.8. The molecule has 1 N–H and O–H groups in total. The highest BCUT2D eigenvalue weighted by molar-refractivity contribution is 7.10. The third kappa shape index (κ3) is 4.17. The van der Waals surface area contributed by atoms with Crippen molar-refractivity contribution in [2.45, 2.75) is 57.3 Å². The topological polar surface area (TPSA) is 58.9 Å². The fourth-order valence-corrected chi connectivity index (χ4v) is 6.85. The number of halogens is 4. The van der Waals surface area contributed by atoms with Crippen LogP contribution >= 0.6 is 11.5 Å². The Labute approximate surface area is 204 Å². The minimum atomic E-state index is -4.63. The van der Waals surface area contributed by atoms with Crippen LogP contribution in [0.5, 0.6) is 0 Å². The predicted molar refractivity (Wildman–Crippen MR) is 125 cm³/mol. The number of hydrogen-bond donors (Lipinski definition) is 1. The lowest BCUT2D eigenvalue weighted by Gasteiger charge is -2.38. The second-order valence-electron chi connectivity index (χ2n) is 9.92. The largest absolute Gasteiger partial charge is 0.416 e. The average Bonchev–Trinajstić information content (AvgIpc) is 3.48. The maximum absolute atomic E-state index is 13.7. The van der Waals surface area contributed by atoms with Crippen LogP contribution in [0, 0.1) is 24.6 Å². The van der Waals surface area contributed by atoms with E-state index in [1.807, 2.05) is 6.92 Å². The number of anilines is 2. The highest BCUT2D eigenvalue weighted by Crippen LogP contribution is 2.43. The molecule has 3 aromatic rings. The van der Waals surface area contributed by atoms with E-state index in [1.165, 1.54) is 22.6 Å². The van der Waals surface area contributed by atoms with E-state index in [4.69, 9.17) is 0 Å². The minimum Gasteiger partial charge on any atom is -0.361 e. The van der Waals surface area contributed by atoms with Gasteiger partial charge in [-0.15, -0.1) is 5.10 Å². The molecule has 1 unspecified atom stereocenters. The summed E-state index contributed by atoms with van der Waals surface area (Å²) in [5.41, 5.74) is 0.166. The number of hydrogen-bond acceptors (Lipinski definition) is 6. The van der Waals surface area contributed by atoms with Gasteiger partial charge in [0.25, 0.3) is 0 Å². The van der Waals surface area contributed by atoms with Crippen molar-refractivity contribution in [2.75, 3.05) is 23.3 Å². The Morgan fingerprint density at radius 2 is 1.86 bits per heavy atom. The van der Waals surface area contributed by atoms with E-state index in [0.29, 0.717) is 49.1 Å². The molecule has 2 fully saturated rings. The zero-order valence-corrected chi connectivity index (χ0v) is 20.0. The summed E-state index contributed by atoms with van der Waals surface area (Å²) in [5.74, 6) is 0.420. The summed E-state index contributed by atoms with van der Waals surface area (Å²) in [5, 5.41) is 9.37. The number of nitrogens with one attached hydrogen (secondary N) is 1. The summed E-state index contributed by atoms with van der Waals surface area (Å²) >= 11 is 1.54. The predicted octanol–water partition coefficient (Wildman–Crippen LogP) is 5.45. The molecule has 35 heavy (non-hydrogen) atoms. The molecule has 0 radical (unpaired) electrons. The van der Waals surface area contributed by atoms with Gasteiger partial charge in [-0.05, 0) is 79.7 Å². The van der Waals surface area contributed by atoms with Crippen LogP contribution < -0.4 is 10.2 Å². The molecule has 1 aliphatic carbocycles. The first-order chi connectivity index (χ1) is 16.8. The van der Waals surface area contributed by atoms with Crippen LogP contribution in [0.4, 0.5) is 28.5 Å². The molecular formula is C24H26F4N6S. The van der Waals surface area contributed by atoms with E-state index in [-0.39, 0.29) is 11.6 Å². The van der Waals surface area contributed by atoms with Crippen LogP contribution in [-0.2, 0) is 12.7 Å². The molecule has 4 heterocycles. The lowest BCUT2D eigenvalue weighted by Crippen LogP contribution is -2.48. The van der Waals surface area contributed by atoms with Crippen molar-refractivity contribution in [3.63, 3.8) is 0 Å². The van der Waals surface area contributed by atoms with Crippen LogP contribution in [0.1, 0.15) is 54.2 Å². The minimum absolute atomic E-state index is 0.0621. The van der Waals surface area contributed by atoms with Crippen molar-refractivity contribution < 1.29 is 17.6 Å². The summed E-state index contributed by atoms with van der Waals surface area (Å²) in [7, 11) is 0. The molecule has 2 bridgehead atoms. The maximum atomic E-state index is 13.7. The number of alkyl halides is 3. The first kappa shape index (κ1) is 22.8. The van der Waals surface area contributed by atoms with Crippen LogP contribution in [0.15, 0.2) is 24.3 Å². The smallest absolute Gasteiger partial charge is 0.361 e. The van der Waals surface area contributed by atoms with Gasteiger partial charge in [-0.2, -0.15) is 22.5 Å². The standard InChI is InChI=1S/C24H26F4N6S/c1-13-9-20(35-32-13)33-11-14-4-5-15(12-33)21(14)29-23-30-22-18(3-2-8-34(22)31-23)17-7-6-16(25)10-19(17)24(26,27)28/h6-7,9-10,14-15,18,21H,2-5,8,11-12H2,1H3,(H,29,31)/t14-,15+,18?,21-. The van der Waals surface area contributed by atoms with Gasteiger partial charge in [-0.25, -0.2) is 9.07 Å². The second-order valence-corrected chi connectivity index (χ2v) is 10.7. The van der Waals surface area contributed by atoms with Crippen LogP contribution in [0.3, 0.4) is 0 Å². The van der Waals surface area contributed by atoms with Crippen molar-refractivity contribution in [1.29, 1.82) is 0 Å². The number of fused-ring (bicyclic) bond motifs is 3. The molecule has 6 rings (SSSR count). The fraction of sp³-hybridized carbons (Fsp3) is 0.542. The van der Waals surface area contributed by atoms with Crippen molar-refractivity contribution in [2.24, 2.45) is 11.8 Å². The van der Waals surface area contributed by atoms with Crippen molar-refractivity contribution >= 4 is 22.5 Å². The normalized spacial score (nSPS) is 26.1. The molecule has 0 spiro atoms. The van der Waals surface area contributed by atoms with Gasteiger partial charge in [0.2, 0.25) is 5.95 Å². The molecule has 4 atom stereocenters. The summed E-state index contributed by atoms with van der Waals surface area (Å²) in [6.45, 7) is 4.50. The molecule has 1 saturated carbocycles. The van der Waals surface area contributed by atoms with Crippen LogP contribution in [0.25, 0.3) is 0 Å². The molecule has 1 aromatic carbocycles. The summed E-state index contributed by atoms with van der Waals surface area (Å²) in [6.07, 6.45) is -1.18. The van der Waals surface area contributed by atoms with Crippen molar-refractivity contribution in [3.05, 3.63) is 52.7 Å². The van der Waals surface area contributed by atoms with Gasteiger partial charge in [0.15, 0.2) is 0 Å². The second kappa shape index (κ2) is 8.46. The third-order valence-corrected chi connectivity index (χ3v) is 8.57. The molecule has 3 aliphatic rings. The van der Waals surface area contributed by atoms with Gasteiger partial charge in [-0.3, -0.25) is 0 Å². The Morgan fingerprint density at radius 3 is 2.54 bits per heavy atom. The summed E-state index contributed by atoms with van der Waals surface area (Å²) < 4.78 is 60.9. The Kier molecular flexibility index (Phi) is 5.50. The van der Waals surface area contributed by atoms with Gasteiger partial charge in [0, 0.05) is 31.6 Å². The van der Waals surface area contributed by atoms with Crippen molar-refractivity contribution in [1.82, 2.24) is 19.1 Å². The van der Waals surface area contributed by atoms with E-state index in [9.17, 15) is 17.6 Å². The fourth-order valence-electron chi connectivity index (χ4n) is 6.07. The number of nitrogens with zero attached hydrogens (tertiary/aromatic N) is 5. The van der Waals surface area contributed by atoms with E-state index in [2.05, 4.69) is 30.7 Å². The molecule has 0 amide bonds. The number of aryl methyl sites for hydroxylation is 2. The van der Waals surface area contributed by atoms with Gasteiger partial charge < -0.3 is 10.2 Å². The van der Waals surface area contributed by atoms with Crippen molar-refractivity contribution in [3.8, 4) is 0 Å². The summed E-state index contributed by atoms with van der Waals surface area (Å²) in [4.78, 5) is 7.10. The van der Waals surface area contributed by atoms with Crippen LogP contribution in [-0.4, -0.2) is 38.3 Å². The zero-order valence-electron chi connectivity index (χ0n) is 19.2. The molecule has 11 heteroatoms. The lowest BCUT2D eigenvalue weighted by molar-refractivity contribution is -0.138. The quantitative estimate of drug-likeness (QED) is 0.477. The monoisotopic (exact) mass is 506 g/mol. The Bertz CT molecular complexity index is 1220. The van der Waals surface area contributed by atoms with Gasteiger partial charge in [-0.1, -0.05) is 6.07 Å². The van der Waals surface area contributed by atoms with Gasteiger partial charge in [0.1, 0.15) is 16.6 Å². The van der Waals surface area contributed by atoms with E-state index < -0.39 is 23.5 Å². The number of rotatable bonds is 4. The Balaban J connectivity index is 1.24. The van der Waals surface area contributed by atoms with Gasteiger partial charge in [0.05, 0.1) is 11.3 Å². The highest BCUT2D eigenvalue weighted by atomic mass is 32.1. The number of benzene rings is 1. The van der Waals surface area contributed by atoms with E-state index in [0.717, 1.165) is 37.7 Å². The average molecular weight is 507 g/mol.